The molecule has 0 aliphatic carbocycles. The maximum absolute atomic E-state index is 12.6. The van der Waals surface area contributed by atoms with E-state index < -0.39 is 0 Å². The molecule has 0 fully saturated rings. The van der Waals surface area contributed by atoms with Crippen molar-refractivity contribution in [2.24, 2.45) is 0 Å². The van der Waals surface area contributed by atoms with Gasteiger partial charge in [0.15, 0.2) is 11.5 Å². The molecule has 5 nitrogen and oxygen atoms in total. The molecule has 1 amide bonds. The zero-order valence-corrected chi connectivity index (χ0v) is 16.2. The molecule has 2 N–H and O–H groups in total. The lowest BCUT2D eigenvalue weighted by atomic mass is 10.1. The summed E-state index contributed by atoms with van der Waals surface area (Å²) in [6, 6.07) is 9.57. The number of ether oxygens (including phenoxy) is 2. The number of fused-ring (bicyclic) bond motifs is 2. The van der Waals surface area contributed by atoms with Crippen LogP contribution in [-0.2, 0) is 6.54 Å². The summed E-state index contributed by atoms with van der Waals surface area (Å²) in [5.41, 5.74) is 2.47. The van der Waals surface area contributed by atoms with Crippen molar-refractivity contribution in [3.8, 4) is 11.5 Å². The van der Waals surface area contributed by atoms with Gasteiger partial charge in [0, 0.05) is 32.6 Å². The molecule has 25 heavy (non-hydrogen) atoms. The highest BCUT2D eigenvalue weighted by Gasteiger charge is 2.15. The van der Waals surface area contributed by atoms with Gasteiger partial charge in [0.1, 0.15) is 13.2 Å². The Morgan fingerprint density at radius 1 is 1.08 bits per heavy atom. The van der Waals surface area contributed by atoms with Gasteiger partial charge in [-0.1, -0.05) is 6.07 Å². The van der Waals surface area contributed by atoms with E-state index in [2.05, 4.69) is 42.2 Å². The van der Waals surface area contributed by atoms with Gasteiger partial charge in [-0.15, -0.1) is 0 Å². The fourth-order valence-corrected chi connectivity index (χ4v) is 3.47. The molecular weight excluding hydrogens is 452 g/mol. The Bertz CT molecular complexity index is 968. The van der Waals surface area contributed by atoms with Crippen LogP contribution in [-0.4, -0.2) is 24.1 Å². The second kappa shape index (κ2) is 6.72. The van der Waals surface area contributed by atoms with Gasteiger partial charge in [-0.3, -0.25) is 4.79 Å². The Balaban J connectivity index is 1.52. The molecule has 0 saturated carbocycles. The largest absolute Gasteiger partial charge is 0.486 e. The minimum absolute atomic E-state index is 0.129. The summed E-state index contributed by atoms with van der Waals surface area (Å²) in [6.45, 7) is 1.53. The predicted molar refractivity (Wildman–Crippen MR) is 102 cm³/mol. The minimum atomic E-state index is -0.129. The number of nitrogens with one attached hydrogen (secondary N) is 2. The molecule has 1 aromatic heterocycles. The zero-order valence-electron chi connectivity index (χ0n) is 13.1. The van der Waals surface area contributed by atoms with Crippen LogP contribution in [0.3, 0.4) is 0 Å². The van der Waals surface area contributed by atoms with Gasteiger partial charge in [-0.2, -0.15) is 0 Å². The lowest BCUT2D eigenvalue weighted by Crippen LogP contribution is -2.23. The lowest BCUT2D eigenvalue weighted by molar-refractivity contribution is 0.0952. The molecule has 1 aliphatic heterocycles. The van der Waals surface area contributed by atoms with E-state index in [-0.39, 0.29) is 5.91 Å². The summed E-state index contributed by atoms with van der Waals surface area (Å²) in [5.74, 6) is 1.34. The molecule has 0 saturated heterocycles. The third-order valence-corrected chi connectivity index (χ3v) is 5.87. The second-order valence-electron chi connectivity index (χ2n) is 5.67. The smallest absolute Gasteiger partial charge is 0.253 e. The van der Waals surface area contributed by atoms with E-state index in [9.17, 15) is 4.79 Å². The van der Waals surface area contributed by atoms with Crippen molar-refractivity contribution in [3.05, 3.63) is 56.6 Å². The van der Waals surface area contributed by atoms with Crippen LogP contribution in [0.15, 0.2) is 45.5 Å². The topological polar surface area (TPSA) is 63.4 Å². The molecule has 0 unspecified atom stereocenters. The number of hydrogen-bond donors (Lipinski definition) is 2. The second-order valence-corrected chi connectivity index (χ2v) is 7.38. The number of H-pyrrole nitrogens is 1. The molecule has 0 bridgehead atoms. The van der Waals surface area contributed by atoms with E-state index in [0.29, 0.717) is 25.3 Å². The third kappa shape index (κ3) is 3.26. The number of carbonyl (C=O) groups is 1. The van der Waals surface area contributed by atoms with E-state index in [1.807, 2.05) is 30.3 Å². The van der Waals surface area contributed by atoms with Crippen LogP contribution < -0.4 is 14.8 Å². The first-order valence-corrected chi connectivity index (χ1v) is 9.33. The fraction of sp³-hybridized carbons (Fsp3) is 0.167. The Morgan fingerprint density at radius 3 is 2.68 bits per heavy atom. The number of amides is 1. The number of benzene rings is 2. The van der Waals surface area contributed by atoms with Crippen molar-refractivity contribution in [1.82, 2.24) is 10.3 Å². The van der Waals surface area contributed by atoms with Crippen LogP contribution in [0.2, 0.25) is 0 Å². The summed E-state index contributed by atoms with van der Waals surface area (Å²) in [4.78, 5) is 15.7. The summed E-state index contributed by atoms with van der Waals surface area (Å²) in [7, 11) is 0. The van der Waals surface area contributed by atoms with Crippen molar-refractivity contribution >= 4 is 48.7 Å². The SMILES string of the molecule is O=C(NCc1ccc2c(c1)OCCO2)c1c[nH]c2cc(Br)c(Br)cc12. The number of carbonyl (C=O) groups excluding carboxylic acids is 1. The quantitative estimate of drug-likeness (QED) is 0.602. The van der Waals surface area contributed by atoms with Gasteiger partial charge in [0.25, 0.3) is 5.91 Å². The predicted octanol–water partition coefficient (Wildman–Crippen LogP) is 4.39. The van der Waals surface area contributed by atoms with Crippen LogP contribution >= 0.6 is 31.9 Å². The average Bonchev–Trinajstić information content (AvgIpc) is 3.02. The standard InChI is InChI=1S/C18H14Br2N2O3/c19-13-6-11-12(9-21-15(11)7-14(13)20)18(23)22-8-10-1-2-16-17(5-10)25-4-3-24-16/h1-2,5-7,9,21H,3-4,8H2,(H,22,23). The van der Waals surface area contributed by atoms with Gasteiger partial charge in [0.05, 0.1) is 5.56 Å². The summed E-state index contributed by atoms with van der Waals surface area (Å²) in [6.07, 6.45) is 1.72. The van der Waals surface area contributed by atoms with E-state index in [1.165, 1.54) is 0 Å². The summed E-state index contributed by atoms with van der Waals surface area (Å²) < 4.78 is 12.9. The highest BCUT2D eigenvalue weighted by molar-refractivity contribution is 9.13. The van der Waals surface area contributed by atoms with Crippen LogP contribution in [0.5, 0.6) is 11.5 Å². The minimum Gasteiger partial charge on any atom is -0.486 e. The molecule has 1 aliphatic rings. The van der Waals surface area contributed by atoms with Crippen LogP contribution in [0.25, 0.3) is 10.9 Å². The van der Waals surface area contributed by atoms with Crippen LogP contribution in [0.1, 0.15) is 15.9 Å². The summed E-state index contributed by atoms with van der Waals surface area (Å²) in [5, 5.41) is 3.82. The van der Waals surface area contributed by atoms with Gasteiger partial charge in [-0.05, 0) is 61.7 Å². The molecule has 2 heterocycles. The molecule has 128 valence electrons. The Hall–Kier alpha value is -1.99. The van der Waals surface area contributed by atoms with Crippen molar-refractivity contribution in [2.75, 3.05) is 13.2 Å². The highest BCUT2D eigenvalue weighted by Crippen LogP contribution is 2.31. The van der Waals surface area contributed by atoms with Crippen LogP contribution in [0.4, 0.5) is 0 Å². The number of aromatic nitrogens is 1. The molecule has 4 rings (SSSR count). The van der Waals surface area contributed by atoms with Gasteiger partial charge in [0.2, 0.25) is 0 Å². The molecule has 2 aromatic carbocycles. The first-order chi connectivity index (χ1) is 12.1. The molecule has 0 spiro atoms. The molecule has 3 aromatic rings. The van der Waals surface area contributed by atoms with E-state index in [0.717, 1.165) is 36.9 Å². The highest BCUT2D eigenvalue weighted by atomic mass is 79.9. The third-order valence-electron chi connectivity index (χ3n) is 4.03. The van der Waals surface area contributed by atoms with Crippen molar-refractivity contribution in [1.29, 1.82) is 0 Å². The Kier molecular flexibility index (Phi) is 4.43. The molecule has 0 atom stereocenters. The fourth-order valence-electron chi connectivity index (χ4n) is 2.78. The normalized spacial score (nSPS) is 13.0. The summed E-state index contributed by atoms with van der Waals surface area (Å²) >= 11 is 6.94. The number of hydrogen-bond acceptors (Lipinski definition) is 3. The van der Waals surface area contributed by atoms with Crippen molar-refractivity contribution in [3.63, 3.8) is 0 Å². The van der Waals surface area contributed by atoms with Gasteiger partial charge >= 0.3 is 0 Å². The molecule has 0 radical (unpaired) electrons. The lowest BCUT2D eigenvalue weighted by Gasteiger charge is -2.18. The molecular formula is C18H14Br2N2O3. The number of halogens is 2. The monoisotopic (exact) mass is 464 g/mol. The first kappa shape index (κ1) is 16.5. The maximum atomic E-state index is 12.6. The number of aromatic amines is 1. The van der Waals surface area contributed by atoms with E-state index >= 15 is 0 Å². The number of rotatable bonds is 3. The Morgan fingerprint density at radius 2 is 1.84 bits per heavy atom. The van der Waals surface area contributed by atoms with E-state index in [4.69, 9.17) is 9.47 Å². The zero-order chi connectivity index (χ0) is 17.4. The first-order valence-electron chi connectivity index (χ1n) is 7.74. The molecule has 7 heteroatoms. The van der Waals surface area contributed by atoms with Crippen molar-refractivity contribution in [2.45, 2.75) is 6.54 Å². The van der Waals surface area contributed by atoms with Gasteiger partial charge < -0.3 is 19.8 Å². The van der Waals surface area contributed by atoms with E-state index in [1.54, 1.807) is 6.20 Å². The van der Waals surface area contributed by atoms with Crippen molar-refractivity contribution < 1.29 is 14.3 Å². The van der Waals surface area contributed by atoms with Crippen LogP contribution in [0, 0.1) is 0 Å². The average molecular weight is 466 g/mol. The maximum Gasteiger partial charge on any atom is 0.253 e. The van der Waals surface area contributed by atoms with Gasteiger partial charge in [-0.25, -0.2) is 0 Å². The Labute approximate surface area is 161 Å².